The van der Waals surface area contributed by atoms with Crippen LogP contribution in [0.1, 0.15) is 29.5 Å². The van der Waals surface area contributed by atoms with Gasteiger partial charge in [0, 0.05) is 6.54 Å². The van der Waals surface area contributed by atoms with E-state index in [0.29, 0.717) is 5.56 Å². The monoisotopic (exact) mass is 254 g/mol. The molecule has 1 aromatic carbocycles. The van der Waals surface area contributed by atoms with Gasteiger partial charge in [0.15, 0.2) is 0 Å². The van der Waals surface area contributed by atoms with Crippen molar-refractivity contribution in [2.24, 2.45) is 0 Å². The van der Waals surface area contributed by atoms with Crippen molar-refractivity contribution in [3.63, 3.8) is 0 Å². The van der Waals surface area contributed by atoms with E-state index >= 15 is 0 Å². The van der Waals surface area contributed by atoms with E-state index in [-0.39, 0.29) is 19.4 Å². The van der Waals surface area contributed by atoms with Gasteiger partial charge in [-0.2, -0.15) is 18.4 Å². The van der Waals surface area contributed by atoms with Crippen molar-refractivity contribution in [3.8, 4) is 6.07 Å². The summed E-state index contributed by atoms with van der Waals surface area (Å²) in [4.78, 5) is 0. The summed E-state index contributed by atoms with van der Waals surface area (Å²) < 4.78 is 38.1. The lowest BCUT2D eigenvalue weighted by molar-refractivity contribution is -0.166. The van der Waals surface area contributed by atoms with Gasteiger partial charge in [-0.15, -0.1) is 0 Å². The first-order chi connectivity index (χ1) is 8.38. The molecule has 0 aromatic heterocycles. The topological polar surface area (TPSA) is 35.8 Å². The molecule has 0 atom stereocenters. The van der Waals surface area contributed by atoms with Crippen LogP contribution in [-0.4, -0.2) is 11.7 Å². The van der Waals surface area contributed by atoms with E-state index in [1.807, 2.05) is 6.07 Å². The molecule has 1 fully saturated rings. The summed E-state index contributed by atoms with van der Waals surface area (Å²) in [6.07, 6.45) is -3.90. The lowest BCUT2D eigenvalue weighted by Gasteiger charge is -2.21. The summed E-state index contributed by atoms with van der Waals surface area (Å²) in [5, 5.41) is 11.3. The largest absolute Gasteiger partial charge is 0.406 e. The van der Waals surface area contributed by atoms with Crippen LogP contribution in [0.5, 0.6) is 0 Å². The molecule has 2 rings (SSSR count). The van der Waals surface area contributed by atoms with Crippen LogP contribution in [0.3, 0.4) is 0 Å². The lowest BCUT2D eigenvalue weighted by Crippen LogP contribution is -2.44. The predicted molar refractivity (Wildman–Crippen MR) is 60.8 cm³/mol. The van der Waals surface area contributed by atoms with Gasteiger partial charge in [0.05, 0.1) is 11.6 Å². The molecule has 0 saturated heterocycles. The number of alkyl halides is 3. The summed E-state index contributed by atoms with van der Waals surface area (Å²) in [7, 11) is 0. The zero-order chi connectivity index (χ0) is 13.4. The lowest BCUT2D eigenvalue weighted by atomic mass is 10.1. The van der Waals surface area contributed by atoms with Crippen LogP contribution in [0.2, 0.25) is 0 Å². The van der Waals surface area contributed by atoms with Crippen LogP contribution in [0, 0.1) is 18.3 Å². The fourth-order valence-corrected chi connectivity index (χ4v) is 1.91. The smallest absolute Gasteiger partial charge is 0.299 e. The Hall–Kier alpha value is -1.54. The third kappa shape index (κ3) is 2.34. The first kappa shape index (κ1) is 12.9. The van der Waals surface area contributed by atoms with Gasteiger partial charge in [0.1, 0.15) is 5.54 Å². The van der Waals surface area contributed by atoms with Crippen LogP contribution < -0.4 is 5.32 Å². The van der Waals surface area contributed by atoms with Crippen LogP contribution >= 0.6 is 0 Å². The van der Waals surface area contributed by atoms with Crippen LogP contribution in [0.15, 0.2) is 18.2 Å². The van der Waals surface area contributed by atoms with E-state index < -0.39 is 11.7 Å². The zero-order valence-electron chi connectivity index (χ0n) is 9.93. The molecule has 2 nitrogen and oxygen atoms in total. The zero-order valence-corrected chi connectivity index (χ0v) is 9.93. The predicted octanol–water partition coefficient (Wildman–Crippen LogP) is 3.05. The molecule has 96 valence electrons. The van der Waals surface area contributed by atoms with Gasteiger partial charge < -0.3 is 0 Å². The van der Waals surface area contributed by atoms with Gasteiger partial charge in [-0.3, -0.25) is 5.32 Å². The summed E-state index contributed by atoms with van der Waals surface area (Å²) >= 11 is 0. The van der Waals surface area contributed by atoms with Crippen molar-refractivity contribution in [1.29, 1.82) is 5.26 Å². The SMILES string of the molecule is Cc1cc(C#N)ccc1CNC1(C(F)(F)F)CC1. The molecule has 0 radical (unpaired) electrons. The van der Waals surface area contributed by atoms with Crippen molar-refractivity contribution in [2.45, 2.75) is 38.0 Å². The van der Waals surface area contributed by atoms with Gasteiger partial charge >= 0.3 is 6.18 Å². The average molecular weight is 254 g/mol. The molecule has 18 heavy (non-hydrogen) atoms. The molecule has 1 aromatic rings. The molecule has 0 unspecified atom stereocenters. The van der Waals surface area contributed by atoms with Crippen molar-refractivity contribution in [1.82, 2.24) is 5.32 Å². The van der Waals surface area contributed by atoms with Crippen molar-refractivity contribution in [3.05, 3.63) is 34.9 Å². The number of rotatable bonds is 3. The number of nitrogens with zero attached hydrogens (tertiary/aromatic N) is 1. The second kappa shape index (κ2) is 4.29. The normalized spacial score (nSPS) is 17.3. The van der Waals surface area contributed by atoms with E-state index in [2.05, 4.69) is 5.32 Å². The highest BCUT2D eigenvalue weighted by Gasteiger charge is 2.62. The fraction of sp³-hybridized carbons (Fsp3) is 0.462. The molecule has 0 aliphatic heterocycles. The molecule has 0 heterocycles. The molecule has 0 spiro atoms. The number of aryl methyl sites for hydroxylation is 1. The van der Waals surface area contributed by atoms with Gasteiger partial charge in [0.2, 0.25) is 0 Å². The average Bonchev–Trinajstić information content (AvgIpc) is 3.07. The Labute approximate surface area is 103 Å². The van der Waals surface area contributed by atoms with E-state index in [9.17, 15) is 13.2 Å². The second-order valence-corrected chi connectivity index (χ2v) is 4.69. The van der Waals surface area contributed by atoms with Crippen molar-refractivity contribution in [2.75, 3.05) is 0 Å². The van der Waals surface area contributed by atoms with Crippen molar-refractivity contribution < 1.29 is 13.2 Å². The summed E-state index contributed by atoms with van der Waals surface area (Å²) in [6.45, 7) is 1.97. The van der Waals surface area contributed by atoms with E-state index in [1.54, 1.807) is 25.1 Å². The fourth-order valence-electron chi connectivity index (χ4n) is 1.91. The van der Waals surface area contributed by atoms with Crippen LogP contribution in [0.25, 0.3) is 0 Å². The van der Waals surface area contributed by atoms with Gasteiger partial charge in [-0.05, 0) is 43.0 Å². The van der Waals surface area contributed by atoms with E-state index in [1.165, 1.54) is 0 Å². The Bertz CT molecular complexity index is 496. The Morgan fingerprint density at radius 2 is 2.06 bits per heavy atom. The van der Waals surface area contributed by atoms with Crippen LogP contribution in [0.4, 0.5) is 13.2 Å². The molecule has 1 aliphatic rings. The summed E-state index contributed by atoms with van der Waals surface area (Å²) in [6, 6.07) is 7.01. The van der Waals surface area contributed by atoms with E-state index in [4.69, 9.17) is 5.26 Å². The molecule has 1 N–H and O–H groups in total. The standard InChI is InChI=1S/C13H13F3N2/c1-9-6-10(7-17)2-3-11(9)8-18-12(4-5-12)13(14,15)16/h2-3,6,18H,4-5,8H2,1H3. The molecule has 5 heteroatoms. The van der Waals surface area contributed by atoms with Gasteiger partial charge in [-0.25, -0.2) is 0 Å². The first-order valence-electron chi connectivity index (χ1n) is 5.69. The number of nitriles is 1. The number of hydrogen-bond donors (Lipinski definition) is 1. The Balaban J connectivity index is 2.06. The Kier molecular flexibility index (Phi) is 3.07. The minimum absolute atomic E-state index is 0.145. The Morgan fingerprint density at radius 1 is 1.39 bits per heavy atom. The molecular weight excluding hydrogens is 241 g/mol. The number of benzene rings is 1. The maximum Gasteiger partial charge on any atom is 0.406 e. The van der Waals surface area contributed by atoms with Crippen molar-refractivity contribution >= 4 is 0 Å². The summed E-state index contributed by atoms with van der Waals surface area (Å²) in [5.74, 6) is 0. The highest BCUT2D eigenvalue weighted by Crippen LogP contribution is 2.49. The molecule has 1 aliphatic carbocycles. The molecular formula is C13H13F3N2. The highest BCUT2D eigenvalue weighted by atomic mass is 19.4. The molecule has 0 amide bonds. The van der Waals surface area contributed by atoms with E-state index in [0.717, 1.165) is 11.1 Å². The minimum atomic E-state index is -4.19. The number of hydrogen-bond acceptors (Lipinski definition) is 2. The minimum Gasteiger partial charge on any atom is -0.299 e. The number of halogens is 3. The molecule has 0 bridgehead atoms. The van der Waals surface area contributed by atoms with Gasteiger partial charge in [0.25, 0.3) is 0 Å². The quantitative estimate of drug-likeness (QED) is 0.899. The highest BCUT2D eigenvalue weighted by molar-refractivity contribution is 5.37. The van der Waals surface area contributed by atoms with Gasteiger partial charge in [-0.1, -0.05) is 6.07 Å². The van der Waals surface area contributed by atoms with Crippen LogP contribution in [-0.2, 0) is 6.54 Å². The first-order valence-corrected chi connectivity index (χ1v) is 5.69. The second-order valence-electron chi connectivity index (χ2n) is 4.69. The maximum atomic E-state index is 12.7. The number of nitrogens with one attached hydrogen (secondary N) is 1. The summed E-state index contributed by atoms with van der Waals surface area (Å²) in [5.41, 5.74) is 0.463. The maximum absolute atomic E-state index is 12.7. The Morgan fingerprint density at radius 3 is 2.50 bits per heavy atom. The third-order valence-corrected chi connectivity index (χ3v) is 3.38. The molecule has 1 saturated carbocycles. The third-order valence-electron chi connectivity index (χ3n) is 3.38.